The maximum atomic E-state index is 13.7. The Labute approximate surface area is 116 Å². The number of likely N-dealkylation sites (N-methyl/N-ethyl adjacent to an activating group) is 1. The number of rotatable bonds is 5. The van der Waals surface area contributed by atoms with Crippen LogP contribution in [0.15, 0.2) is 42.5 Å². The van der Waals surface area contributed by atoms with Crippen LogP contribution in [0.25, 0.3) is 0 Å². The van der Waals surface area contributed by atoms with Gasteiger partial charge >= 0.3 is 0 Å². The lowest BCUT2D eigenvalue weighted by molar-refractivity contribution is 0.559. The second-order valence-electron chi connectivity index (χ2n) is 4.75. The first kappa shape index (κ1) is 14.6. The zero-order chi connectivity index (χ0) is 14.5. The molecule has 0 aliphatic heterocycles. The highest BCUT2D eigenvalue weighted by atomic mass is 19.1. The van der Waals surface area contributed by atoms with Gasteiger partial charge in [-0.3, -0.25) is 0 Å². The van der Waals surface area contributed by atoms with E-state index in [1.807, 2.05) is 0 Å². The second-order valence-corrected chi connectivity index (χ2v) is 4.75. The van der Waals surface area contributed by atoms with E-state index in [9.17, 15) is 13.2 Å². The van der Waals surface area contributed by atoms with Crippen LogP contribution in [0.2, 0.25) is 0 Å². The van der Waals surface area contributed by atoms with Crippen LogP contribution in [0.3, 0.4) is 0 Å². The summed E-state index contributed by atoms with van der Waals surface area (Å²) in [4.78, 5) is 0. The molecule has 0 radical (unpaired) electrons. The summed E-state index contributed by atoms with van der Waals surface area (Å²) in [5, 5.41) is 3.03. The van der Waals surface area contributed by atoms with E-state index in [4.69, 9.17) is 0 Å². The van der Waals surface area contributed by atoms with E-state index in [0.717, 1.165) is 17.7 Å². The summed E-state index contributed by atoms with van der Waals surface area (Å²) < 4.78 is 39.9. The molecule has 0 aliphatic carbocycles. The normalized spacial score (nSPS) is 12.4. The number of halogens is 3. The molecule has 0 saturated heterocycles. The van der Waals surface area contributed by atoms with Gasteiger partial charge in [0.15, 0.2) is 0 Å². The Balaban J connectivity index is 2.25. The first-order valence-corrected chi connectivity index (χ1v) is 6.44. The van der Waals surface area contributed by atoms with Crippen LogP contribution in [-0.4, -0.2) is 13.6 Å². The lowest BCUT2D eigenvalue weighted by Crippen LogP contribution is -2.19. The number of nitrogens with one attached hydrogen (secondary N) is 1. The van der Waals surface area contributed by atoms with Crippen LogP contribution in [0.4, 0.5) is 13.2 Å². The molecule has 4 heteroatoms. The molecule has 20 heavy (non-hydrogen) atoms. The van der Waals surface area contributed by atoms with Crippen LogP contribution in [0, 0.1) is 17.5 Å². The van der Waals surface area contributed by atoms with Gasteiger partial charge in [0.05, 0.1) is 0 Å². The Morgan fingerprint density at radius 2 is 1.60 bits per heavy atom. The monoisotopic (exact) mass is 279 g/mol. The van der Waals surface area contributed by atoms with Crippen molar-refractivity contribution in [3.63, 3.8) is 0 Å². The first-order valence-electron chi connectivity index (χ1n) is 6.44. The molecule has 0 bridgehead atoms. The van der Waals surface area contributed by atoms with Crippen molar-refractivity contribution < 1.29 is 13.2 Å². The lowest BCUT2D eigenvalue weighted by Gasteiger charge is -2.17. The highest BCUT2D eigenvalue weighted by Gasteiger charge is 2.15. The van der Waals surface area contributed by atoms with Gasteiger partial charge in [0, 0.05) is 12.5 Å². The van der Waals surface area contributed by atoms with Crippen LogP contribution >= 0.6 is 0 Å². The number of benzene rings is 2. The second kappa shape index (κ2) is 6.57. The summed E-state index contributed by atoms with van der Waals surface area (Å²) in [6.07, 6.45) is 0.357. The topological polar surface area (TPSA) is 12.0 Å². The third kappa shape index (κ3) is 3.61. The maximum absolute atomic E-state index is 13.7. The Morgan fingerprint density at radius 3 is 2.25 bits per heavy atom. The summed E-state index contributed by atoms with van der Waals surface area (Å²) in [6.45, 7) is 0.599. The highest BCUT2D eigenvalue weighted by molar-refractivity contribution is 5.26. The van der Waals surface area contributed by atoms with Gasteiger partial charge in [-0.15, -0.1) is 0 Å². The van der Waals surface area contributed by atoms with Crippen LogP contribution in [0.1, 0.15) is 17.0 Å². The molecule has 1 atom stereocenters. The van der Waals surface area contributed by atoms with Crippen LogP contribution in [-0.2, 0) is 6.42 Å². The van der Waals surface area contributed by atoms with Gasteiger partial charge in [0.2, 0.25) is 0 Å². The standard InChI is InChI=1S/C16H16F3N/c1-20-10-13(11-2-4-14(17)5-3-11)8-12-9-15(18)6-7-16(12)19/h2-7,9,13,20H,8,10H2,1H3. The average Bonchev–Trinajstić information content (AvgIpc) is 2.43. The molecule has 1 N–H and O–H groups in total. The molecular weight excluding hydrogens is 263 g/mol. The Bertz CT molecular complexity index is 566. The van der Waals surface area contributed by atoms with Crippen LogP contribution < -0.4 is 5.32 Å². The van der Waals surface area contributed by atoms with Crippen molar-refractivity contribution >= 4 is 0 Å². The molecule has 0 aromatic heterocycles. The fourth-order valence-electron chi connectivity index (χ4n) is 2.25. The van der Waals surface area contributed by atoms with E-state index >= 15 is 0 Å². The SMILES string of the molecule is CNCC(Cc1cc(F)ccc1F)c1ccc(F)cc1. The summed E-state index contributed by atoms with van der Waals surface area (Å²) in [6, 6.07) is 9.54. The molecule has 106 valence electrons. The Hall–Kier alpha value is -1.81. The maximum Gasteiger partial charge on any atom is 0.126 e. The quantitative estimate of drug-likeness (QED) is 0.881. The summed E-state index contributed by atoms with van der Waals surface area (Å²) >= 11 is 0. The minimum atomic E-state index is -0.455. The molecular formula is C16H16F3N. The fraction of sp³-hybridized carbons (Fsp3) is 0.250. The molecule has 0 saturated carbocycles. The van der Waals surface area contributed by atoms with E-state index < -0.39 is 11.6 Å². The fourth-order valence-corrected chi connectivity index (χ4v) is 2.25. The van der Waals surface area contributed by atoms with E-state index in [0.29, 0.717) is 18.5 Å². The van der Waals surface area contributed by atoms with E-state index in [1.165, 1.54) is 18.2 Å². The van der Waals surface area contributed by atoms with E-state index in [-0.39, 0.29) is 11.7 Å². The predicted molar refractivity (Wildman–Crippen MR) is 73.1 cm³/mol. The molecule has 0 spiro atoms. The molecule has 0 amide bonds. The molecule has 1 nitrogen and oxygen atoms in total. The van der Waals surface area contributed by atoms with Crippen molar-refractivity contribution in [2.45, 2.75) is 12.3 Å². The molecule has 0 aliphatic rings. The van der Waals surface area contributed by atoms with Gasteiger partial charge in [-0.1, -0.05) is 12.1 Å². The highest BCUT2D eigenvalue weighted by Crippen LogP contribution is 2.23. The zero-order valence-corrected chi connectivity index (χ0v) is 11.2. The minimum Gasteiger partial charge on any atom is -0.319 e. The molecule has 2 aromatic rings. The summed E-state index contributed by atoms with van der Waals surface area (Å²) in [5.74, 6) is -1.23. The number of hydrogen-bond donors (Lipinski definition) is 1. The Kier molecular flexibility index (Phi) is 4.79. The number of hydrogen-bond acceptors (Lipinski definition) is 1. The van der Waals surface area contributed by atoms with Gasteiger partial charge in [0.25, 0.3) is 0 Å². The van der Waals surface area contributed by atoms with E-state index in [1.54, 1.807) is 19.2 Å². The summed E-state index contributed by atoms with van der Waals surface area (Å²) in [7, 11) is 1.79. The molecule has 2 aromatic carbocycles. The van der Waals surface area contributed by atoms with Crippen molar-refractivity contribution in [1.29, 1.82) is 0 Å². The van der Waals surface area contributed by atoms with Gasteiger partial charge in [-0.25, -0.2) is 13.2 Å². The first-order chi connectivity index (χ1) is 9.60. The molecule has 0 heterocycles. The largest absolute Gasteiger partial charge is 0.319 e. The van der Waals surface area contributed by atoms with Gasteiger partial charge in [-0.2, -0.15) is 0 Å². The molecule has 0 fully saturated rings. The van der Waals surface area contributed by atoms with Gasteiger partial charge in [0.1, 0.15) is 17.5 Å². The third-order valence-electron chi connectivity index (χ3n) is 3.27. The van der Waals surface area contributed by atoms with Crippen molar-refractivity contribution in [3.05, 3.63) is 71.0 Å². The predicted octanol–water partition coefficient (Wildman–Crippen LogP) is 3.65. The van der Waals surface area contributed by atoms with Crippen LogP contribution in [0.5, 0.6) is 0 Å². The molecule has 2 rings (SSSR count). The van der Waals surface area contributed by atoms with Crippen molar-refractivity contribution in [3.8, 4) is 0 Å². The smallest absolute Gasteiger partial charge is 0.126 e. The van der Waals surface area contributed by atoms with Crippen molar-refractivity contribution in [2.75, 3.05) is 13.6 Å². The van der Waals surface area contributed by atoms with Gasteiger partial charge < -0.3 is 5.32 Å². The van der Waals surface area contributed by atoms with Gasteiger partial charge in [-0.05, 0) is 54.9 Å². The Morgan fingerprint density at radius 1 is 0.950 bits per heavy atom. The van der Waals surface area contributed by atoms with E-state index in [2.05, 4.69) is 5.32 Å². The average molecular weight is 279 g/mol. The minimum absolute atomic E-state index is 0.0445. The van der Waals surface area contributed by atoms with Crippen molar-refractivity contribution in [1.82, 2.24) is 5.32 Å². The lowest BCUT2D eigenvalue weighted by atomic mass is 9.91. The summed E-state index contributed by atoms with van der Waals surface area (Å²) in [5.41, 5.74) is 1.22. The third-order valence-corrected chi connectivity index (χ3v) is 3.27. The zero-order valence-electron chi connectivity index (χ0n) is 11.2. The van der Waals surface area contributed by atoms with Crippen molar-refractivity contribution in [2.24, 2.45) is 0 Å². The molecule has 1 unspecified atom stereocenters.